The van der Waals surface area contributed by atoms with E-state index in [9.17, 15) is 5.11 Å². The Hall–Kier alpha value is -0.300. The predicted molar refractivity (Wildman–Crippen MR) is 42.8 cm³/mol. The summed E-state index contributed by atoms with van der Waals surface area (Å²) in [5.41, 5.74) is 1.22. The fraction of sp³-hybridized carbons (Fsp3) is 0.778. The molecule has 58 valence electrons. The Bertz CT molecular complexity index is 130. The zero-order chi connectivity index (χ0) is 7.56. The molecule has 0 heterocycles. The summed E-state index contributed by atoms with van der Waals surface area (Å²) >= 11 is 0. The van der Waals surface area contributed by atoms with Crippen molar-refractivity contribution in [1.29, 1.82) is 0 Å². The summed E-state index contributed by atoms with van der Waals surface area (Å²) in [7, 11) is 0. The summed E-state index contributed by atoms with van der Waals surface area (Å²) in [5.74, 6) is 0.825. The van der Waals surface area contributed by atoms with Crippen molar-refractivity contribution in [3.05, 3.63) is 11.6 Å². The van der Waals surface area contributed by atoms with Crippen LogP contribution < -0.4 is 0 Å². The van der Waals surface area contributed by atoms with Gasteiger partial charge in [0.1, 0.15) is 0 Å². The molecule has 1 saturated carbocycles. The van der Waals surface area contributed by atoms with Crippen LogP contribution in [0.3, 0.4) is 0 Å². The van der Waals surface area contributed by atoms with Gasteiger partial charge < -0.3 is 5.11 Å². The Labute approximate surface area is 62.8 Å². The molecule has 1 heteroatoms. The normalized spacial score (nSPS) is 20.3. The van der Waals surface area contributed by atoms with Gasteiger partial charge in [0.25, 0.3) is 0 Å². The first-order valence-corrected chi connectivity index (χ1v) is 4.01. The molecule has 1 fully saturated rings. The molecule has 0 bridgehead atoms. The minimum atomic E-state index is -0.183. The molecule has 1 aliphatic rings. The van der Waals surface area contributed by atoms with Crippen LogP contribution >= 0.6 is 0 Å². The van der Waals surface area contributed by atoms with Gasteiger partial charge >= 0.3 is 0 Å². The Kier molecular flexibility index (Phi) is 2.50. The van der Waals surface area contributed by atoms with Crippen molar-refractivity contribution in [2.24, 2.45) is 5.92 Å². The molecular weight excluding hydrogens is 124 g/mol. The quantitative estimate of drug-likeness (QED) is 0.595. The molecule has 1 aliphatic carbocycles. The number of hydrogen-bond acceptors (Lipinski definition) is 1. The van der Waals surface area contributed by atoms with Crippen molar-refractivity contribution in [3.63, 3.8) is 0 Å². The lowest BCUT2D eigenvalue weighted by molar-refractivity contribution is 0.204. The fourth-order valence-corrected chi connectivity index (χ4v) is 1.15. The lowest BCUT2D eigenvalue weighted by Gasteiger charge is -2.03. The number of rotatable bonds is 3. The maximum absolute atomic E-state index is 9.35. The lowest BCUT2D eigenvalue weighted by atomic mass is 10.1. The van der Waals surface area contributed by atoms with E-state index < -0.39 is 0 Å². The van der Waals surface area contributed by atoms with Crippen molar-refractivity contribution in [3.8, 4) is 0 Å². The van der Waals surface area contributed by atoms with Crippen LogP contribution in [0.1, 0.15) is 33.1 Å². The summed E-state index contributed by atoms with van der Waals surface area (Å²) in [5, 5.41) is 9.35. The highest BCUT2D eigenvalue weighted by Crippen LogP contribution is 2.33. The van der Waals surface area contributed by atoms with Gasteiger partial charge in [-0.2, -0.15) is 0 Å². The van der Waals surface area contributed by atoms with Crippen LogP contribution in [0.15, 0.2) is 11.6 Å². The summed E-state index contributed by atoms with van der Waals surface area (Å²) in [4.78, 5) is 0. The van der Waals surface area contributed by atoms with E-state index >= 15 is 0 Å². The van der Waals surface area contributed by atoms with Crippen molar-refractivity contribution in [2.75, 3.05) is 0 Å². The molecule has 0 aliphatic heterocycles. The molecule has 0 radical (unpaired) electrons. The maximum Gasteiger partial charge on any atom is 0.0725 e. The first-order valence-electron chi connectivity index (χ1n) is 4.01. The van der Waals surface area contributed by atoms with Crippen molar-refractivity contribution >= 4 is 0 Å². The molecule has 1 atom stereocenters. The van der Waals surface area contributed by atoms with E-state index in [1.807, 2.05) is 19.9 Å². The Morgan fingerprint density at radius 1 is 1.60 bits per heavy atom. The Balaban J connectivity index is 2.19. The van der Waals surface area contributed by atoms with Crippen LogP contribution in [-0.4, -0.2) is 11.2 Å². The van der Waals surface area contributed by atoms with Crippen LogP contribution in [0, 0.1) is 5.92 Å². The van der Waals surface area contributed by atoms with Crippen LogP contribution in [0.2, 0.25) is 0 Å². The van der Waals surface area contributed by atoms with Gasteiger partial charge in [0.05, 0.1) is 6.10 Å². The first kappa shape index (κ1) is 7.80. The highest BCUT2D eigenvalue weighted by atomic mass is 16.3. The van der Waals surface area contributed by atoms with Gasteiger partial charge in [-0.05, 0) is 26.2 Å². The van der Waals surface area contributed by atoms with E-state index in [0.29, 0.717) is 0 Å². The minimum Gasteiger partial charge on any atom is -0.389 e. The van der Waals surface area contributed by atoms with E-state index in [1.54, 1.807) is 0 Å². The van der Waals surface area contributed by atoms with Gasteiger partial charge in [0.15, 0.2) is 0 Å². The average molecular weight is 140 g/mol. The highest BCUT2D eigenvalue weighted by molar-refractivity contribution is 4.99. The fourth-order valence-electron chi connectivity index (χ4n) is 1.15. The molecule has 10 heavy (non-hydrogen) atoms. The number of hydrogen-bond donors (Lipinski definition) is 1. The second kappa shape index (κ2) is 3.20. The van der Waals surface area contributed by atoms with Crippen LogP contribution in [0.4, 0.5) is 0 Å². The van der Waals surface area contributed by atoms with Gasteiger partial charge in [-0.25, -0.2) is 0 Å². The summed E-state index contributed by atoms with van der Waals surface area (Å²) in [6.45, 7) is 4.05. The van der Waals surface area contributed by atoms with Gasteiger partial charge in [-0.1, -0.05) is 24.5 Å². The summed E-state index contributed by atoms with van der Waals surface area (Å²) < 4.78 is 0. The van der Waals surface area contributed by atoms with E-state index in [0.717, 1.165) is 12.3 Å². The van der Waals surface area contributed by atoms with Crippen LogP contribution in [-0.2, 0) is 0 Å². The van der Waals surface area contributed by atoms with E-state index in [-0.39, 0.29) is 6.10 Å². The van der Waals surface area contributed by atoms with Gasteiger partial charge in [-0.15, -0.1) is 0 Å². The average Bonchev–Trinajstić information content (AvgIpc) is 2.46. The Morgan fingerprint density at radius 3 is 2.60 bits per heavy atom. The molecule has 1 unspecified atom stereocenters. The molecule has 0 aromatic rings. The van der Waals surface area contributed by atoms with Crippen molar-refractivity contribution in [1.82, 2.24) is 0 Å². The number of allylic oxidation sites excluding steroid dienone is 1. The topological polar surface area (TPSA) is 20.2 Å². The standard InChI is InChI=1S/C9H16O/c1-7(2)5-9(10)6-8-3-4-8/h5,8-10H,3-4,6H2,1-2H3. The molecule has 1 rings (SSSR count). The molecule has 1 nitrogen and oxygen atoms in total. The highest BCUT2D eigenvalue weighted by Gasteiger charge is 2.23. The summed E-state index contributed by atoms with van der Waals surface area (Å²) in [6.07, 6.45) is 5.39. The second-order valence-corrected chi connectivity index (χ2v) is 3.49. The number of aliphatic hydroxyl groups is 1. The zero-order valence-electron chi connectivity index (χ0n) is 6.80. The zero-order valence-corrected chi connectivity index (χ0v) is 6.80. The monoisotopic (exact) mass is 140 g/mol. The molecule has 0 saturated heterocycles. The molecule has 0 aromatic heterocycles. The van der Waals surface area contributed by atoms with Crippen LogP contribution in [0.25, 0.3) is 0 Å². The molecule has 0 spiro atoms. The van der Waals surface area contributed by atoms with Gasteiger partial charge in [0.2, 0.25) is 0 Å². The largest absolute Gasteiger partial charge is 0.389 e. The molecular formula is C9H16O. The third kappa shape index (κ3) is 3.02. The predicted octanol–water partition coefficient (Wildman–Crippen LogP) is 2.11. The molecule has 0 amide bonds. The summed E-state index contributed by atoms with van der Waals surface area (Å²) in [6, 6.07) is 0. The van der Waals surface area contributed by atoms with Gasteiger partial charge in [-0.3, -0.25) is 0 Å². The molecule has 1 N–H and O–H groups in total. The Morgan fingerprint density at radius 2 is 2.20 bits per heavy atom. The van der Waals surface area contributed by atoms with Crippen LogP contribution in [0.5, 0.6) is 0 Å². The van der Waals surface area contributed by atoms with Crippen molar-refractivity contribution in [2.45, 2.75) is 39.2 Å². The third-order valence-electron chi connectivity index (χ3n) is 1.80. The minimum absolute atomic E-state index is 0.183. The van der Waals surface area contributed by atoms with E-state index in [2.05, 4.69) is 0 Å². The van der Waals surface area contributed by atoms with E-state index in [1.165, 1.54) is 18.4 Å². The third-order valence-corrected chi connectivity index (χ3v) is 1.80. The van der Waals surface area contributed by atoms with E-state index in [4.69, 9.17) is 0 Å². The SMILES string of the molecule is CC(C)=CC(O)CC1CC1. The lowest BCUT2D eigenvalue weighted by Crippen LogP contribution is -2.03. The van der Waals surface area contributed by atoms with Gasteiger partial charge in [0, 0.05) is 0 Å². The first-order chi connectivity index (χ1) is 4.68. The molecule has 0 aromatic carbocycles. The number of aliphatic hydroxyl groups excluding tert-OH is 1. The maximum atomic E-state index is 9.35. The second-order valence-electron chi connectivity index (χ2n) is 3.49. The smallest absolute Gasteiger partial charge is 0.0725 e. The van der Waals surface area contributed by atoms with Crippen molar-refractivity contribution < 1.29 is 5.11 Å².